The number of hydrogen-bond donors (Lipinski definition) is 4. The van der Waals surface area contributed by atoms with Gasteiger partial charge in [-0.3, -0.25) is 0 Å². The Kier molecular flexibility index (Phi) is 4.86. The van der Waals surface area contributed by atoms with E-state index in [0.717, 1.165) is 45.0 Å². The van der Waals surface area contributed by atoms with E-state index in [9.17, 15) is 0 Å². The monoisotopic (exact) mass is 272 g/mol. The maximum absolute atomic E-state index is 5.63. The molecule has 2 rings (SSSR count). The summed E-state index contributed by atoms with van der Waals surface area (Å²) in [6.07, 6.45) is 0. The minimum atomic E-state index is 0.812. The third kappa shape index (κ3) is 3.82. The Morgan fingerprint density at radius 3 is 0.750 bits per heavy atom. The maximum Gasteiger partial charge on any atom is 0.0347 e. The van der Waals surface area contributed by atoms with Crippen LogP contribution in [-0.2, 0) is 0 Å². The van der Waals surface area contributed by atoms with Crippen molar-refractivity contribution in [2.45, 2.75) is 27.7 Å². The van der Waals surface area contributed by atoms with Crippen LogP contribution >= 0.6 is 0 Å². The molecular weight excluding hydrogens is 248 g/mol. The molecule has 0 atom stereocenters. The van der Waals surface area contributed by atoms with Crippen LogP contribution in [-0.4, -0.2) is 0 Å². The SMILES string of the molecule is Cc1cc(N)c(C)cc1N.Cc1cc(N)c(C)cc1N. The van der Waals surface area contributed by atoms with Gasteiger partial charge in [0.25, 0.3) is 0 Å². The van der Waals surface area contributed by atoms with Crippen LogP contribution in [0.1, 0.15) is 22.3 Å². The fourth-order valence-electron chi connectivity index (χ4n) is 1.72. The Hall–Kier alpha value is -2.36. The zero-order valence-electron chi connectivity index (χ0n) is 12.6. The molecule has 0 unspecified atom stereocenters. The lowest BCUT2D eigenvalue weighted by molar-refractivity contribution is 1.40. The normalized spacial score (nSPS) is 9.80. The number of benzene rings is 2. The number of hydrogen-bond acceptors (Lipinski definition) is 4. The third-order valence-electron chi connectivity index (χ3n) is 3.31. The molecular formula is C16H24N4. The van der Waals surface area contributed by atoms with Crippen LogP contribution in [0.3, 0.4) is 0 Å². The topological polar surface area (TPSA) is 104 Å². The van der Waals surface area contributed by atoms with Crippen molar-refractivity contribution in [3.05, 3.63) is 46.5 Å². The van der Waals surface area contributed by atoms with E-state index < -0.39 is 0 Å². The minimum absolute atomic E-state index is 0.812. The van der Waals surface area contributed by atoms with E-state index in [2.05, 4.69) is 0 Å². The molecule has 4 heteroatoms. The Bertz CT molecular complexity index is 462. The van der Waals surface area contributed by atoms with Crippen LogP contribution in [0, 0.1) is 27.7 Å². The van der Waals surface area contributed by atoms with Gasteiger partial charge in [0.05, 0.1) is 0 Å². The number of nitrogens with two attached hydrogens (primary N) is 4. The molecule has 0 aliphatic rings. The van der Waals surface area contributed by atoms with Gasteiger partial charge in [-0.1, -0.05) is 0 Å². The molecule has 8 N–H and O–H groups in total. The molecule has 0 amide bonds. The van der Waals surface area contributed by atoms with Crippen molar-refractivity contribution in [2.75, 3.05) is 22.9 Å². The predicted octanol–water partition coefficient (Wildman–Crippen LogP) is 2.94. The van der Waals surface area contributed by atoms with Crippen LogP contribution in [0.2, 0.25) is 0 Å². The molecule has 0 aromatic heterocycles. The lowest BCUT2D eigenvalue weighted by Gasteiger charge is -2.03. The van der Waals surface area contributed by atoms with Gasteiger partial charge in [-0.2, -0.15) is 0 Å². The lowest BCUT2D eigenvalue weighted by Crippen LogP contribution is -1.95. The van der Waals surface area contributed by atoms with Crippen LogP contribution in [0.15, 0.2) is 24.3 Å². The van der Waals surface area contributed by atoms with Gasteiger partial charge < -0.3 is 22.9 Å². The summed E-state index contributed by atoms with van der Waals surface area (Å²) in [6.45, 7) is 7.80. The average molecular weight is 272 g/mol. The van der Waals surface area contributed by atoms with Gasteiger partial charge in [0.2, 0.25) is 0 Å². The van der Waals surface area contributed by atoms with E-state index >= 15 is 0 Å². The summed E-state index contributed by atoms with van der Waals surface area (Å²) < 4.78 is 0. The first-order chi connectivity index (χ1) is 9.22. The molecule has 4 nitrogen and oxygen atoms in total. The van der Waals surface area contributed by atoms with Crippen LogP contribution < -0.4 is 22.9 Å². The van der Waals surface area contributed by atoms with E-state index in [1.807, 2.05) is 52.0 Å². The zero-order chi connectivity index (χ0) is 15.4. The average Bonchev–Trinajstić information content (AvgIpc) is 2.35. The summed E-state index contributed by atoms with van der Waals surface area (Å²) in [4.78, 5) is 0. The molecule has 0 fully saturated rings. The molecule has 0 aliphatic carbocycles. The van der Waals surface area contributed by atoms with Crippen molar-refractivity contribution in [1.29, 1.82) is 0 Å². The molecule has 2 aromatic carbocycles. The second-order valence-corrected chi connectivity index (χ2v) is 5.13. The molecule has 0 radical (unpaired) electrons. The molecule has 0 heterocycles. The molecule has 108 valence electrons. The van der Waals surface area contributed by atoms with E-state index in [0.29, 0.717) is 0 Å². The van der Waals surface area contributed by atoms with Gasteiger partial charge in [-0.15, -0.1) is 0 Å². The fourth-order valence-corrected chi connectivity index (χ4v) is 1.72. The fraction of sp³-hybridized carbons (Fsp3) is 0.250. The highest BCUT2D eigenvalue weighted by Crippen LogP contribution is 2.19. The third-order valence-corrected chi connectivity index (χ3v) is 3.31. The molecule has 0 saturated carbocycles. The van der Waals surface area contributed by atoms with E-state index in [-0.39, 0.29) is 0 Å². The van der Waals surface area contributed by atoms with Crippen molar-refractivity contribution in [2.24, 2.45) is 0 Å². The van der Waals surface area contributed by atoms with Crippen molar-refractivity contribution in [3.63, 3.8) is 0 Å². The second-order valence-electron chi connectivity index (χ2n) is 5.13. The van der Waals surface area contributed by atoms with Gasteiger partial charge in [0, 0.05) is 22.7 Å². The zero-order valence-corrected chi connectivity index (χ0v) is 12.6. The van der Waals surface area contributed by atoms with Crippen LogP contribution in [0.4, 0.5) is 22.7 Å². The van der Waals surface area contributed by atoms with Crippen molar-refractivity contribution >= 4 is 22.7 Å². The molecule has 0 aliphatic heterocycles. The summed E-state index contributed by atoms with van der Waals surface area (Å²) in [6, 6.07) is 7.57. The smallest absolute Gasteiger partial charge is 0.0347 e. The minimum Gasteiger partial charge on any atom is -0.399 e. The number of nitrogen functional groups attached to an aromatic ring is 4. The first kappa shape index (κ1) is 15.7. The Morgan fingerprint density at radius 2 is 0.600 bits per heavy atom. The molecule has 0 bridgehead atoms. The molecule has 20 heavy (non-hydrogen) atoms. The van der Waals surface area contributed by atoms with Gasteiger partial charge >= 0.3 is 0 Å². The molecule has 0 saturated heterocycles. The number of rotatable bonds is 0. The summed E-state index contributed by atoms with van der Waals surface area (Å²) in [7, 11) is 0. The second kappa shape index (κ2) is 6.19. The van der Waals surface area contributed by atoms with Crippen molar-refractivity contribution in [1.82, 2.24) is 0 Å². The Labute approximate surface area is 120 Å². The highest BCUT2D eigenvalue weighted by molar-refractivity contribution is 5.60. The highest BCUT2D eigenvalue weighted by atomic mass is 14.6. The standard InChI is InChI=1S/2C8H12N2/c2*1-5-3-8(10)6(2)4-7(5)9/h2*3-4H,9-10H2,1-2H3. The maximum atomic E-state index is 5.63. The quantitative estimate of drug-likeness (QED) is 0.553. The molecule has 0 spiro atoms. The summed E-state index contributed by atoms with van der Waals surface area (Å²) >= 11 is 0. The first-order valence-corrected chi connectivity index (χ1v) is 6.46. The predicted molar refractivity (Wildman–Crippen MR) is 89.5 cm³/mol. The first-order valence-electron chi connectivity index (χ1n) is 6.46. The van der Waals surface area contributed by atoms with Gasteiger partial charge in [-0.05, 0) is 74.2 Å². The van der Waals surface area contributed by atoms with E-state index in [1.54, 1.807) is 0 Å². The van der Waals surface area contributed by atoms with Crippen molar-refractivity contribution in [3.8, 4) is 0 Å². The Morgan fingerprint density at radius 1 is 0.450 bits per heavy atom. The van der Waals surface area contributed by atoms with Gasteiger partial charge in [0.1, 0.15) is 0 Å². The van der Waals surface area contributed by atoms with E-state index in [4.69, 9.17) is 22.9 Å². The molecule has 2 aromatic rings. The summed E-state index contributed by atoms with van der Waals surface area (Å²) in [5.74, 6) is 0. The van der Waals surface area contributed by atoms with E-state index in [1.165, 1.54) is 0 Å². The number of anilines is 4. The Balaban J connectivity index is 0.000000200. The van der Waals surface area contributed by atoms with Crippen molar-refractivity contribution < 1.29 is 0 Å². The summed E-state index contributed by atoms with van der Waals surface area (Å²) in [5.41, 5.74) is 30.0. The largest absolute Gasteiger partial charge is 0.399 e. The lowest BCUT2D eigenvalue weighted by atomic mass is 10.1. The summed E-state index contributed by atoms with van der Waals surface area (Å²) in [5, 5.41) is 0. The highest BCUT2D eigenvalue weighted by Gasteiger charge is 1.97. The van der Waals surface area contributed by atoms with Gasteiger partial charge in [0.15, 0.2) is 0 Å². The van der Waals surface area contributed by atoms with Gasteiger partial charge in [-0.25, -0.2) is 0 Å². The number of aryl methyl sites for hydroxylation is 4. The van der Waals surface area contributed by atoms with Crippen LogP contribution in [0.25, 0.3) is 0 Å². The van der Waals surface area contributed by atoms with Crippen LogP contribution in [0.5, 0.6) is 0 Å².